The standard InChI is InChI=1S/C19H20F3N3O7S2/c1-32-14-5-7-15(8-6-14)34(30,31)25-10-9-24(12-17(25)18(26)23-27)33(28,29)16-4-2-3-13(11-16)19(20,21)22/h2-8,11,17,27H,9-10,12H2,1H3,(H,23,26). The van der Waals surface area contributed by atoms with E-state index in [2.05, 4.69) is 0 Å². The summed E-state index contributed by atoms with van der Waals surface area (Å²) >= 11 is 0. The lowest BCUT2D eigenvalue weighted by Crippen LogP contribution is -2.61. The number of amides is 1. The van der Waals surface area contributed by atoms with Crippen LogP contribution in [0.5, 0.6) is 5.75 Å². The minimum Gasteiger partial charge on any atom is -0.497 e. The molecule has 34 heavy (non-hydrogen) atoms. The first-order valence-electron chi connectivity index (χ1n) is 9.59. The van der Waals surface area contributed by atoms with Gasteiger partial charge in [-0.2, -0.15) is 21.8 Å². The zero-order valence-corrected chi connectivity index (χ0v) is 19.2. The van der Waals surface area contributed by atoms with Gasteiger partial charge in [-0.3, -0.25) is 10.0 Å². The number of hydroxylamine groups is 1. The maximum Gasteiger partial charge on any atom is 0.416 e. The zero-order valence-electron chi connectivity index (χ0n) is 17.6. The predicted octanol–water partition coefficient (Wildman–Crippen LogP) is 1.28. The fourth-order valence-corrected chi connectivity index (χ4v) is 6.45. The summed E-state index contributed by atoms with van der Waals surface area (Å²) in [5.41, 5.74) is 0.130. The van der Waals surface area contributed by atoms with Crippen molar-refractivity contribution in [2.45, 2.75) is 22.0 Å². The number of carbonyl (C=O) groups is 1. The van der Waals surface area contributed by atoms with E-state index < -0.39 is 68.3 Å². The second kappa shape index (κ2) is 9.50. The number of ether oxygens (including phenoxy) is 1. The summed E-state index contributed by atoms with van der Waals surface area (Å²) in [6.45, 7) is -1.67. The molecular formula is C19H20F3N3O7S2. The number of nitrogens with one attached hydrogen (secondary N) is 1. The van der Waals surface area contributed by atoms with Crippen LogP contribution in [-0.2, 0) is 31.0 Å². The monoisotopic (exact) mass is 523 g/mol. The Morgan fingerprint density at radius 3 is 2.24 bits per heavy atom. The molecular weight excluding hydrogens is 503 g/mol. The van der Waals surface area contributed by atoms with E-state index in [0.717, 1.165) is 16.4 Å². The number of hydrogen-bond acceptors (Lipinski definition) is 7. The van der Waals surface area contributed by atoms with Crippen LogP contribution in [0.25, 0.3) is 0 Å². The molecule has 186 valence electrons. The van der Waals surface area contributed by atoms with E-state index in [1.807, 2.05) is 0 Å². The highest BCUT2D eigenvalue weighted by atomic mass is 32.2. The number of carbonyl (C=O) groups excluding carboxylic acids is 1. The fraction of sp³-hybridized carbons (Fsp3) is 0.316. The number of hydrogen-bond donors (Lipinski definition) is 2. The van der Waals surface area contributed by atoms with Gasteiger partial charge in [0, 0.05) is 19.6 Å². The van der Waals surface area contributed by atoms with Crippen molar-refractivity contribution in [1.29, 1.82) is 0 Å². The highest BCUT2D eigenvalue weighted by Gasteiger charge is 2.44. The first kappa shape index (κ1) is 25.9. The minimum atomic E-state index is -4.78. The lowest BCUT2D eigenvalue weighted by atomic mass is 10.2. The maximum atomic E-state index is 13.1. The number of rotatable bonds is 6. The van der Waals surface area contributed by atoms with Crippen LogP contribution in [0.3, 0.4) is 0 Å². The Morgan fingerprint density at radius 1 is 1.03 bits per heavy atom. The summed E-state index contributed by atoms with van der Waals surface area (Å²) < 4.78 is 97.8. The third-order valence-corrected chi connectivity index (χ3v) is 8.96. The summed E-state index contributed by atoms with van der Waals surface area (Å²) in [5.74, 6) is -0.832. The van der Waals surface area contributed by atoms with E-state index in [0.29, 0.717) is 22.2 Å². The number of nitrogens with zero attached hydrogens (tertiary/aromatic N) is 2. The third kappa shape index (κ3) is 5.02. The Hall–Kier alpha value is -2.72. The van der Waals surface area contributed by atoms with Crippen LogP contribution in [0.1, 0.15) is 5.56 Å². The van der Waals surface area contributed by atoms with Gasteiger partial charge in [0.25, 0.3) is 5.91 Å². The van der Waals surface area contributed by atoms with Crippen LogP contribution >= 0.6 is 0 Å². The van der Waals surface area contributed by atoms with E-state index in [-0.39, 0.29) is 4.90 Å². The molecule has 1 heterocycles. The molecule has 2 aromatic carbocycles. The fourth-order valence-electron chi connectivity index (χ4n) is 3.40. The lowest BCUT2D eigenvalue weighted by molar-refractivity contribution is -0.137. The molecule has 10 nitrogen and oxygen atoms in total. The first-order chi connectivity index (χ1) is 15.8. The average Bonchev–Trinajstić information content (AvgIpc) is 2.82. The van der Waals surface area contributed by atoms with Gasteiger partial charge in [-0.15, -0.1) is 0 Å². The Morgan fingerprint density at radius 2 is 1.68 bits per heavy atom. The van der Waals surface area contributed by atoms with E-state index in [9.17, 15) is 34.8 Å². The number of methoxy groups -OCH3 is 1. The van der Waals surface area contributed by atoms with Crippen molar-refractivity contribution in [2.75, 3.05) is 26.7 Å². The van der Waals surface area contributed by atoms with E-state index in [4.69, 9.17) is 9.94 Å². The topological polar surface area (TPSA) is 133 Å². The Kier molecular flexibility index (Phi) is 7.23. The zero-order chi connectivity index (χ0) is 25.3. The number of halogens is 3. The molecule has 2 N–H and O–H groups in total. The van der Waals surface area contributed by atoms with Gasteiger partial charge in [0.15, 0.2) is 0 Å². The normalized spacial score (nSPS) is 18.4. The summed E-state index contributed by atoms with van der Waals surface area (Å²) in [7, 11) is -7.46. The van der Waals surface area contributed by atoms with Crippen LogP contribution in [0.4, 0.5) is 13.2 Å². The molecule has 15 heteroatoms. The van der Waals surface area contributed by atoms with Crippen molar-refractivity contribution < 1.29 is 44.7 Å². The van der Waals surface area contributed by atoms with Crippen molar-refractivity contribution >= 4 is 26.0 Å². The van der Waals surface area contributed by atoms with Gasteiger partial charge in [-0.1, -0.05) is 6.07 Å². The van der Waals surface area contributed by atoms with Crippen LogP contribution in [-0.4, -0.2) is 69.3 Å². The molecule has 1 aliphatic rings. The number of sulfonamides is 2. The average molecular weight is 524 g/mol. The highest BCUT2D eigenvalue weighted by Crippen LogP contribution is 2.32. The first-order valence-corrected chi connectivity index (χ1v) is 12.5. The molecule has 0 spiro atoms. The van der Waals surface area contributed by atoms with Crippen molar-refractivity contribution in [3.63, 3.8) is 0 Å². The molecule has 0 saturated carbocycles. The Labute approximate surface area is 193 Å². The largest absolute Gasteiger partial charge is 0.497 e. The Balaban J connectivity index is 1.94. The van der Waals surface area contributed by atoms with Crippen LogP contribution in [0.2, 0.25) is 0 Å². The molecule has 0 radical (unpaired) electrons. The molecule has 0 aliphatic carbocycles. The maximum absolute atomic E-state index is 13.1. The van der Waals surface area contributed by atoms with Crippen molar-refractivity contribution in [2.24, 2.45) is 0 Å². The minimum absolute atomic E-state index is 0.210. The molecule has 2 aromatic rings. The highest BCUT2D eigenvalue weighted by molar-refractivity contribution is 7.89. The van der Waals surface area contributed by atoms with Gasteiger partial charge >= 0.3 is 6.18 Å². The van der Waals surface area contributed by atoms with Gasteiger partial charge in [0.2, 0.25) is 20.0 Å². The van der Waals surface area contributed by atoms with Crippen molar-refractivity contribution in [3.05, 3.63) is 54.1 Å². The molecule has 1 saturated heterocycles. The van der Waals surface area contributed by atoms with Crippen LogP contribution in [0, 0.1) is 0 Å². The molecule has 1 aliphatic heterocycles. The smallest absolute Gasteiger partial charge is 0.416 e. The molecule has 0 bridgehead atoms. The van der Waals surface area contributed by atoms with Gasteiger partial charge in [0.1, 0.15) is 11.8 Å². The number of alkyl halides is 3. The quantitative estimate of drug-likeness (QED) is 0.431. The summed E-state index contributed by atoms with van der Waals surface area (Å²) in [5, 5.41) is 9.11. The van der Waals surface area contributed by atoms with Gasteiger partial charge < -0.3 is 4.74 Å². The number of piperazine rings is 1. The van der Waals surface area contributed by atoms with Crippen LogP contribution in [0.15, 0.2) is 58.3 Å². The van der Waals surface area contributed by atoms with Gasteiger partial charge in [-0.25, -0.2) is 22.3 Å². The van der Waals surface area contributed by atoms with Gasteiger partial charge in [0.05, 0.1) is 22.5 Å². The van der Waals surface area contributed by atoms with Gasteiger partial charge in [-0.05, 0) is 42.5 Å². The molecule has 1 amide bonds. The second-order valence-electron chi connectivity index (χ2n) is 7.17. The second-order valence-corrected chi connectivity index (χ2v) is 11.0. The van der Waals surface area contributed by atoms with E-state index in [1.54, 1.807) is 0 Å². The molecule has 3 rings (SSSR count). The lowest BCUT2D eigenvalue weighted by Gasteiger charge is -2.38. The van der Waals surface area contributed by atoms with Crippen molar-refractivity contribution in [3.8, 4) is 5.75 Å². The Bertz CT molecular complexity index is 1270. The number of benzene rings is 2. The van der Waals surface area contributed by atoms with Crippen molar-refractivity contribution in [1.82, 2.24) is 14.1 Å². The summed E-state index contributed by atoms with van der Waals surface area (Å²) in [6, 6.07) is 6.58. The molecule has 1 fully saturated rings. The van der Waals surface area contributed by atoms with E-state index in [1.165, 1.54) is 36.9 Å². The third-order valence-electron chi connectivity index (χ3n) is 5.17. The SMILES string of the molecule is COc1ccc(S(=O)(=O)N2CCN(S(=O)(=O)c3cccc(C(F)(F)F)c3)CC2C(=O)NO)cc1. The molecule has 1 unspecified atom stereocenters. The van der Waals surface area contributed by atoms with E-state index >= 15 is 0 Å². The summed E-state index contributed by atoms with van der Waals surface area (Å²) in [6.07, 6.45) is -4.78. The molecule has 0 aromatic heterocycles. The molecule has 1 atom stereocenters. The van der Waals surface area contributed by atoms with Crippen LogP contribution < -0.4 is 10.2 Å². The predicted molar refractivity (Wildman–Crippen MR) is 111 cm³/mol. The summed E-state index contributed by atoms with van der Waals surface area (Å²) in [4.78, 5) is 11.4.